The van der Waals surface area contributed by atoms with Crippen LogP contribution in [-0.2, 0) is 14.3 Å². The topological polar surface area (TPSA) is 143 Å². The number of hydrogen-bond donors (Lipinski definition) is 4. The summed E-state index contributed by atoms with van der Waals surface area (Å²) >= 11 is 0. The molecule has 2 rings (SSSR count). The molecule has 1 aliphatic heterocycles. The molecule has 2 heterocycles. The number of alkyl halides is 3. The Morgan fingerprint density at radius 1 is 1.27 bits per heavy atom. The van der Waals surface area contributed by atoms with Crippen molar-refractivity contribution in [3.8, 4) is 0 Å². The van der Waals surface area contributed by atoms with Crippen LogP contribution >= 0.6 is 0 Å². The summed E-state index contributed by atoms with van der Waals surface area (Å²) in [6.45, 7) is -0.435. The van der Waals surface area contributed by atoms with Crippen LogP contribution < -0.4 is 16.6 Å². The van der Waals surface area contributed by atoms with Gasteiger partial charge in [0.2, 0.25) is 0 Å². The van der Waals surface area contributed by atoms with Crippen LogP contribution in [0.25, 0.3) is 0 Å². The van der Waals surface area contributed by atoms with Gasteiger partial charge in [0.15, 0.2) is 6.23 Å². The maximum absolute atomic E-state index is 12.0. The average molecular weight is 439 g/mol. The van der Waals surface area contributed by atoms with Crippen LogP contribution in [0.15, 0.2) is 21.9 Å². The summed E-state index contributed by atoms with van der Waals surface area (Å²) in [7, 11) is 0. The third-order valence-electron chi connectivity index (χ3n) is 4.54. The second kappa shape index (κ2) is 10.7. The molecule has 1 aromatic heterocycles. The fourth-order valence-corrected chi connectivity index (χ4v) is 3.00. The minimum atomic E-state index is -4.89. The van der Waals surface area contributed by atoms with E-state index >= 15 is 0 Å². The lowest BCUT2D eigenvalue weighted by Gasteiger charge is -2.22. The van der Waals surface area contributed by atoms with Gasteiger partial charge in [-0.15, -0.1) is 0 Å². The predicted octanol–water partition coefficient (Wildman–Crippen LogP) is -0.589. The number of aliphatic hydroxyl groups excluding tert-OH is 2. The standard InChI is InChI=1S/C17H24F3N3O7/c18-17(19,20)15(27)21-6-3-1-2-4-8-29-13-12(26)10(9-24)30-14(13)23-7-5-11(25)22-16(23)28/h5,7,10,12-14,24,26H,1-4,6,8-9H2,(H,21,27)(H,22,25,28)/t10-,12?,13+,14-/m1/s1. The molecule has 30 heavy (non-hydrogen) atoms. The van der Waals surface area contributed by atoms with Crippen molar-refractivity contribution in [1.29, 1.82) is 0 Å². The molecule has 10 nitrogen and oxygen atoms in total. The SMILES string of the molecule is O=C(NCCCCCCO[C@H]1C(O)[C@@H](CO)O[C@H]1n1ccc(=O)[nH]c1=O)C(F)(F)F. The Morgan fingerprint density at radius 2 is 1.97 bits per heavy atom. The Labute approximate surface area is 168 Å². The van der Waals surface area contributed by atoms with Gasteiger partial charge in [-0.25, -0.2) is 4.79 Å². The predicted molar refractivity (Wildman–Crippen MR) is 95.6 cm³/mol. The summed E-state index contributed by atoms with van der Waals surface area (Å²) in [5, 5.41) is 21.4. The first-order valence-electron chi connectivity index (χ1n) is 9.37. The number of aromatic nitrogens is 2. The van der Waals surface area contributed by atoms with E-state index in [-0.39, 0.29) is 13.2 Å². The van der Waals surface area contributed by atoms with Gasteiger partial charge >= 0.3 is 17.8 Å². The molecule has 0 saturated carbocycles. The molecule has 0 spiro atoms. The highest BCUT2D eigenvalue weighted by Crippen LogP contribution is 2.30. The van der Waals surface area contributed by atoms with Crippen LogP contribution in [0.2, 0.25) is 0 Å². The maximum atomic E-state index is 12.0. The molecule has 1 fully saturated rings. The number of aliphatic hydroxyl groups is 2. The first kappa shape index (κ1) is 24.1. The number of amides is 1. The quantitative estimate of drug-likeness (QED) is 0.357. The Hall–Kier alpha value is -2.22. The Morgan fingerprint density at radius 3 is 2.60 bits per heavy atom. The lowest BCUT2D eigenvalue weighted by Crippen LogP contribution is -2.39. The van der Waals surface area contributed by atoms with Crippen molar-refractivity contribution in [3.05, 3.63) is 33.1 Å². The summed E-state index contributed by atoms with van der Waals surface area (Å²) in [5.74, 6) is -1.97. The number of aromatic amines is 1. The summed E-state index contributed by atoms with van der Waals surface area (Å²) < 4.78 is 48.3. The number of nitrogens with zero attached hydrogens (tertiary/aromatic N) is 1. The fraction of sp³-hybridized carbons (Fsp3) is 0.706. The van der Waals surface area contributed by atoms with Crippen molar-refractivity contribution in [2.45, 2.75) is 56.4 Å². The second-order valence-electron chi connectivity index (χ2n) is 6.76. The number of H-pyrrole nitrogens is 1. The molecule has 170 valence electrons. The number of carbonyl (C=O) groups is 1. The molecule has 1 aliphatic rings. The first-order valence-corrected chi connectivity index (χ1v) is 9.37. The summed E-state index contributed by atoms with van der Waals surface area (Å²) in [6, 6.07) is 1.11. The zero-order valence-electron chi connectivity index (χ0n) is 15.9. The fourth-order valence-electron chi connectivity index (χ4n) is 3.00. The van der Waals surface area contributed by atoms with Crippen molar-refractivity contribution in [2.75, 3.05) is 19.8 Å². The van der Waals surface area contributed by atoms with Crippen molar-refractivity contribution < 1.29 is 37.7 Å². The molecule has 0 aliphatic carbocycles. The van der Waals surface area contributed by atoms with Crippen molar-refractivity contribution >= 4 is 5.91 Å². The lowest BCUT2D eigenvalue weighted by molar-refractivity contribution is -0.173. The van der Waals surface area contributed by atoms with E-state index in [9.17, 15) is 37.8 Å². The van der Waals surface area contributed by atoms with E-state index < -0.39 is 54.5 Å². The third kappa shape index (κ3) is 6.39. The second-order valence-corrected chi connectivity index (χ2v) is 6.76. The van der Waals surface area contributed by atoms with Gasteiger partial charge in [-0.1, -0.05) is 12.8 Å². The molecule has 4 atom stereocenters. The molecule has 0 bridgehead atoms. The molecule has 13 heteroatoms. The summed E-state index contributed by atoms with van der Waals surface area (Å²) in [5.41, 5.74) is -1.36. The first-order chi connectivity index (χ1) is 14.1. The average Bonchev–Trinajstić information content (AvgIpc) is 2.98. The van der Waals surface area contributed by atoms with Gasteiger partial charge < -0.3 is 25.0 Å². The number of rotatable bonds is 10. The van der Waals surface area contributed by atoms with Crippen LogP contribution in [0.5, 0.6) is 0 Å². The molecule has 0 aromatic carbocycles. The van der Waals surface area contributed by atoms with Gasteiger partial charge in [0.25, 0.3) is 5.56 Å². The zero-order chi connectivity index (χ0) is 22.3. The van der Waals surface area contributed by atoms with Crippen LogP contribution in [0, 0.1) is 0 Å². The number of ether oxygens (including phenoxy) is 2. The Kier molecular flexibility index (Phi) is 8.58. The summed E-state index contributed by atoms with van der Waals surface area (Å²) in [6.07, 6.45) is -5.90. The van der Waals surface area contributed by atoms with E-state index in [0.717, 1.165) is 10.6 Å². The van der Waals surface area contributed by atoms with Crippen molar-refractivity contribution in [3.63, 3.8) is 0 Å². The van der Waals surface area contributed by atoms with Crippen LogP contribution in [0.3, 0.4) is 0 Å². The molecule has 1 unspecified atom stereocenters. The highest BCUT2D eigenvalue weighted by Gasteiger charge is 2.45. The molecular formula is C17H24F3N3O7. The van der Waals surface area contributed by atoms with Crippen LogP contribution in [-0.4, -0.2) is 69.9 Å². The smallest absolute Gasteiger partial charge is 0.394 e. The van der Waals surface area contributed by atoms with E-state index in [1.54, 1.807) is 5.32 Å². The highest BCUT2D eigenvalue weighted by atomic mass is 19.4. The van der Waals surface area contributed by atoms with Gasteiger partial charge in [0.1, 0.15) is 18.3 Å². The number of nitrogens with one attached hydrogen (secondary N) is 2. The highest BCUT2D eigenvalue weighted by molar-refractivity contribution is 5.81. The Balaban J connectivity index is 1.79. The lowest BCUT2D eigenvalue weighted by atomic mass is 10.1. The van der Waals surface area contributed by atoms with Gasteiger partial charge in [0, 0.05) is 25.4 Å². The van der Waals surface area contributed by atoms with Gasteiger partial charge in [-0.05, 0) is 12.8 Å². The van der Waals surface area contributed by atoms with E-state index in [1.165, 1.54) is 6.20 Å². The largest absolute Gasteiger partial charge is 0.471 e. The maximum Gasteiger partial charge on any atom is 0.471 e. The molecule has 1 amide bonds. The number of unbranched alkanes of at least 4 members (excludes halogenated alkanes) is 3. The summed E-state index contributed by atoms with van der Waals surface area (Å²) in [4.78, 5) is 35.9. The van der Waals surface area contributed by atoms with Crippen molar-refractivity contribution in [2.24, 2.45) is 0 Å². The minimum absolute atomic E-state index is 0.0935. The van der Waals surface area contributed by atoms with Gasteiger partial charge in [0.05, 0.1) is 6.61 Å². The van der Waals surface area contributed by atoms with E-state index in [0.29, 0.717) is 25.7 Å². The Bertz CT molecular complexity index is 811. The van der Waals surface area contributed by atoms with Gasteiger partial charge in [-0.3, -0.25) is 19.1 Å². The number of hydrogen-bond acceptors (Lipinski definition) is 7. The third-order valence-corrected chi connectivity index (χ3v) is 4.54. The van der Waals surface area contributed by atoms with Crippen molar-refractivity contribution in [1.82, 2.24) is 14.9 Å². The zero-order valence-corrected chi connectivity index (χ0v) is 15.9. The molecule has 1 aromatic rings. The molecule has 1 saturated heterocycles. The minimum Gasteiger partial charge on any atom is -0.394 e. The molecular weight excluding hydrogens is 415 g/mol. The van der Waals surface area contributed by atoms with E-state index in [4.69, 9.17) is 9.47 Å². The number of carbonyl (C=O) groups excluding carboxylic acids is 1. The van der Waals surface area contributed by atoms with E-state index in [2.05, 4.69) is 4.98 Å². The normalized spacial score (nSPS) is 24.2. The van der Waals surface area contributed by atoms with Crippen LogP contribution in [0.1, 0.15) is 31.9 Å². The molecule has 4 N–H and O–H groups in total. The molecule has 0 radical (unpaired) electrons. The monoisotopic (exact) mass is 439 g/mol. The van der Waals surface area contributed by atoms with Crippen LogP contribution in [0.4, 0.5) is 13.2 Å². The van der Waals surface area contributed by atoms with E-state index in [1.807, 2.05) is 0 Å². The van der Waals surface area contributed by atoms with Gasteiger partial charge in [-0.2, -0.15) is 13.2 Å². The number of halogens is 3.